The number of carbonyl (C=O) groups excluding carboxylic acids is 2. The van der Waals surface area contributed by atoms with E-state index in [9.17, 15) is 20.1 Å². The average Bonchev–Trinajstić information content (AvgIpc) is 3.49. The van der Waals surface area contributed by atoms with Crippen molar-refractivity contribution in [2.24, 2.45) is 29.1 Å². The molecule has 2 bridgehead atoms. The molecule has 3 N–H and O–H groups in total. The van der Waals surface area contributed by atoms with Crippen LogP contribution in [-0.4, -0.2) is 65.9 Å². The van der Waals surface area contributed by atoms with Crippen LogP contribution in [-0.2, 0) is 55.1 Å². The molecule has 3 aliphatic heterocycles. The van der Waals surface area contributed by atoms with Crippen LogP contribution in [0.4, 0.5) is 0 Å². The van der Waals surface area contributed by atoms with Crippen molar-refractivity contribution in [3.05, 3.63) is 168 Å². The predicted octanol–water partition coefficient (Wildman–Crippen LogP) is 13.2. The number of esters is 2. The lowest BCUT2D eigenvalue weighted by Gasteiger charge is -2.57. The summed E-state index contributed by atoms with van der Waals surface area (Å²) in [7, 11) is 1.53. The first-order valence-corrected chi connectivity index (χ1v) is 31.6. The molecule has 0 amide bonds. The molecule has 0 radical (unpaired) electrons. The third-order valence-corrected chi connectivity index (χ3v) is 22.5. The number of carbonyl (C=O) groups is 2. The third kappa shape index (κ3) is 9.66. The van der Waals surface area contributed by atoms with Gasteiger partial charge in [0.05, 0.1) is 25.4 Å². The highest BCUT2D eigenvalue weighted by Crippen LogP contribution is 2.62. The molecule has 3 fully saturated rings. The van der Waals surface area contributed by atoms with Crippen molar-refractivity contribution in [3.8, 4) is 5.75 Å². The summed E-state index contributed by atoms with van der Waals surface area (Å²) in [5, 5.41) is 32.5. The van der Waals surface area contributed by atoms with Gasteiger partial charge < -0.3 is 38.7 Å². The molecular weight excluding hydrogens is 1040 g/mol. The number of aliphatic hydroxyl groups is 3. The number of aliphatic hydroxyl groups excluding tert-OH is 3. The van der Waals surface area contributed by atoms with Gasteiger partial charge >= 0.3 is 17.6 Å². The quantitative estimate of drug-likeness (QED) is 0.0557. The van der Waals surface area contributed by atoms with Crippen molar-refractivity contribution in [2.75, 3.05) is 26.9 Å². The standard InChI is InChI=1S/C72H84O11/c1-43(40-74)53-27-20-44-18-21-45(22-19-44)54-28-24-47(55-15-9-17-60-56(55)29-26-51-13-8-12-50-25-23-46-11-4-5-16-59(46)72(50,51)60)37-49(54)38-62(76)80-66-64-61(31-30-57-58(41-75)63(69(78)81-65(57)64)48(32-36-73)42-79-3)83-70(2,67(66)82-68(53)77)52-14-10-35-71(39-52)33-6-7-34-71/h4-5,9,11,15-19,21-22,24,28,30-31,47-52,54,66-67,73-75H,6-8,10,12-14,20,23,25-27,29,32-42H2,1-3H3. The molecule has 11 nitrogen and oxygen atoms in total. The van der Waals surface area contributed by atoms with Gasteiger partial charge in [0, 0.05) is 65.7 Å². The normalized spacial score (nSPS) is 31.0. The second kappa shape index (κ2) is 22.9. The van der Waals surface area contributed by atoms with E-state index in [2.05, 4.69) is 78.9 Å². The fraction of sp³-hybridized carbons (Fsp3) is 0.542. The number of aryl methyl sites for hydroxylation is 2. The van der Waals surface area contributed by atoms with Crippen LogP contribution in [0.3, 0.4) is 0 Å². The van der Waals surface area contributed by atoms with Crippen LogP contribution in [0.25, 0.3) is 11.0 Å². The van der Waals surface area contributed by atoms with Crippen LogP contribution in [0.2, 0.25) is 0 Å². The number of benzene rings is 4. The SMILES string of the molecule is COCC(CCO)c1c(CO)c2ccc3c(c2oc1=O)C1OC(=O)CC2CC(c4cccc5c4CCC4CCCC6CCc7ccccc7C564)C=CC2c2ccc(cc2)CCC(=C(C)CO)C(=O)OC1C(C)(C1CCCC2(CCCC2)C1)O3. The summed E-state index contributed by atoms with van der Waals surface area (Å²) >= 11 is 0. The molecule has 2 spiro atoms. The topological polar surface area (TPSA) is 162 Å². The summed E-state index contributed by atoms with van der Waals surface area (Å²) in [6, 6.07) is 28.6. The zero-order valence-corrected chi connectivity index (χ0v) is 48.9. The molecule has 4 aromatic carbocycles. The Kier molecular flexibility index (Phi) is 15.5. The van der Waals surface area contributed by atoms with Gasteiger partial charge in [-0.05, 0) is 196 Å². The van der Waals surface area contributed by atoms with E-state index in [1.807, 2.05) is 13.0 Å². The molecule has 83 heavy (non-hydrogen) atoms. The molecule has 14 rings (SSSR count). The van der Waals surface area contributed by atoms with Crippen LogP contribution in [0.15, 0.2) is 111 Å². The number of rotatable bonds is 9. The Morgan fingerprint density at radius 3 is 2.30 bits per heavy atom. The monoisotopic (exact) mass is 1120 g/mol. The van der Waals surface area contributed by atoms with E-state index >= 15 is 9.59 Å². The first-order chi connectivity index (χ1) is 40.4. The van der Waals surface area contributed by atoms with Gasteiger partial charge in [-0.3, -0.25) is 4.79 Å². The molecule has 4 heterocycles. The van der Waals surface area contributed by atoms with Gasteiger partial charge in [-0.1, -0.05) is 105 Å². The lowest BCUT2D eigenvalue weighted by atomic mass is 9.46. The van der Waals surface area contributed by atoms with Gasteiger partial charge in [0.25, 0.3) is 0 Å². The Balaban J connectivity index is 0.950. The lowest BCUT2D eigenvalue weighted by molar-refractivity contribution is -0.203. The van der Waals surface area contributed by atoms with Crippen LogP contribution in [0.5, 0.6) is 5.75 Å². The van der Waals surface area contributed by atoms with Crippen LogP contribution in [0, 0.1) is 29.1 Å². The van der Waals surface area contributed by atoms with Crippen LogP contribution in [0.1, 0.15) is 202 Å². The van der Waals surface area contributed by atoms with Crippen molar-refractivity contribution < 1.29 is 48.3 Å². The highest BCUT2D eigenvalue weighted by Gasteiger charge is 2.59. The molecule has 5 aromatic rings. The molecule has 0 saturated heterocycles. The summed E-state index contributed by atoms with van der Waals surface area (Å²) in [6.07, 6.45) is 20.6. The zero-order valence-electron chi connectivity index (χ0n) is 48.9. The maximum atomic E-state index is 15.8. The van der Waals surface area contributed by atoms with E-state index < -0.39 is 47.9 Å². The Hall–Kier alpha value is -5.85. The second-order valence-electron chi connectivity index (χ2n) is 26.7. The summed E-state index contributed by atoms with van der Waals surface area (Å²) in [5.41, 5.74) is 9.40. The average molecular weight is 1130 g/mol. The van der Waals surface area contributed by atoms with E-state index in [4.69, 9.17) is 23.4 Å². The third-order valence-electron chi connectivity index (χ3n) is 22.5. The van der Waals surface area contributed by atoms with Crippen molar-refractivity contribution in [1.29, 1.82) is 0 Å². The van der Waals surface area contributed by atoms with E-state index in [0.717, 1.165) is 81.8 Å². The number of ether oxygens (including phenoxy) is 4. The molecular formula is C72H84O11. The van der Waals surface area contributed by atoms with Gasteiger partial charge in [-0.15, -0.1) is 0 Å². The van der Waals surface area contributed by atoms with Gasteiger partial charge in [0.2, 0.25) is 0 Å². The Morgan fingerprint density at radius 1 is 0.771 bits per heavy atom. The fourth-order valence-electron chi connectivity index (χ4n) is 18.6. The fourth-order valence-corrected chi connectivity index (χ4v) is 18.6. The van der Waals surface area contributed by atoms with Gasteiger partial charge in [0.1, 0.15) is 16.9 Å². The van der Waals surface area contributed by atoms with E-state index in [1.54, 1.807) is 18.6 Å². The molecule has 6 aliphatic carbocycles. The molecule has 11 atom stereocenters. The highest BCUT2D eigenvalue weighted by molar-refractivity contribution is 5.90. The Morgan fingerprint density at radius 2 is 1.53 bits per heavy atom. The Bertz CT molecular complexity index is 3390. The Labute approximate surface area is 488 Å². The van der Waals surface area contributed by atoms with E-state index in [0.29, 0.717) is 58.9 Å². The minimum absolute atomic E-state index is 0.00380. The predicted molar refractivity (Wildman–Crippen MR) is 318 cm³/mol. The molecule has 11 heteroatoms. The maximum absolute atomic E-state index is 15.8. The summed E-state index contributed by atoms with van der Waals surface area (Å²) < 4.78 is 33.5. The number of hydrogen-bond acceptors (Lipinski definition) is 11. The van der Waals surface area contributed by atoms with Gasteiger partial charge in [-0.2, -0.15) is 0 Å². The molecule has 3 saturated carbocycles. The summed E-state index contributed by atoms with van der Waals surface area (Å²) in [5.74, 6) is -0.501. The summed E-state index contributed by atoms with van der Waals surface area (Å²) in [6.45, 7) is 2.77. The molecule has 438 valence electrons. The van der Waals surface area contributed by atoms with Gasteiger partial charge in [-0.25, -0.2) is 9.59 Å². The van der Waals surface area contributed by atoms with E-state index in [-0.39, 0.29) is 83.9 Å². The summed E-state index contributed by atoms with van der Waals surface area (Å²) in [4.78, 5) is 45.8. The number of hydrogen-bond donors (Lipinski definition) is 3. The zero-order chi connectivity index (χ0) is 57.2. The first kappa shape index (κ1) is 56.3. The largest absolute Gasteiger partial charge is 0.483 e. The highest BCUT2D eigenvalue weighted by atomic mass is 16.6. The molecule has 11 unspecified atom stereocenters. The van der Waals surface area contributed by atoms with E-state index in [1.165, 1.54) is 55.0 Å². The second-order valence-corrected chi connectivity index (χ2v) is 26.7. The van der Waals surface area contributed by atoms with Crippen molar-refractivity contribution in [1.82, 2.24) is 0 Å². The van der Waals surface area contributed by atoms with Crippen molar-refractivity contribution in [3.63, 3.8) is 0 Å². The van der Waals surface area contributed by atoms with Crippen molar-refractivity contribution in [2.45, 2.75) is 190 Å². The minimum atomic E-state index is -1.32. The maximum Gasteiger partial charge on any atom is 0.340 e. The first-order valence-electron chi connectivity index (χ1n) is 31.6. The van der Waals surface area contributed by atoms with Crippen LogP contribution >= 0.6 is 0 Å². The number of fused-ring (bicyclic) bond motifs is 13. The van der Waals surface area contributed by atoms with Crippen LogP contribution < -0.4 is 10.4 Å². The van der Waals surface area contributed by atoms with Crippen molar-refractivity contribution >= 4 is 22.9 Å². The number of methoxy groups -OCH3 is 1. The molecule has 1 aromatic heterocycles. The smallest absolute Gasteiger partial charge is 0.340 e. The number of allylic oxidation sites excluding steroid dienone is 2. The lowest BCUT2D eigenvalue weighted by Crippen LogP contribution is -2.59. The minimum Gasteiger partial charge on any atom is -0.483 e. The molecule has 9 aliphatic rings. The van der Waals surface area contributed by atoms with Gasteiger partial charge in [0.15, 0.2) is 12.2 Å².